The summed E-state index contributed by atoms with van der Waals surface area (Å²) in [6.07, 6.45) is 5.59. The number of H-pyrrole nitrogens is 2. The van der Waals surface area contributed by atoms with Crippen molar-refractivity contribution in [2.75, 3.05) is 0 Å². The highest BCUT2D eigenvalue weighted by Gasteiger charge is 2.52. The lowest BCUT2D eigenvalue weighted by Crippen LogP contribution is -1.91. The zero-order valence-corrected chi connectivity index (χ0v) is 8.23. The summed E-state index contributed by atoms with van der Waals surface area (Å²) in [5, 5.41) is 5.96. The largest absolute Gasteiger partial charge is 0.285 e. The Morgan fingerprint density at radius 1 is 1.15 bits per heavy atom. The van der Waals surface area contributed by atoms with Crippen LogP contribution in [0.5, 0.6) is 0 Å². The van der Waals surface area contributed by atoms with Gasteiger partial charge < -0.3 is 0 Å². The fourth-order valence-corrected chi connectivity index (χ4v) is 2.99. The van der Waals surface area contributed by atoms with Crippen molar-refractivity contribution in [3.63, 3.8) is 0 Å². The summed E-state index contributed by atoms with van der Waals surface area (Å²) >= 11 is 4.95. The molecule has 1 aromatic heterocycles. The van der Waals surface area contributed by atoms with E-state index in [1.807, 2.05) is 0 Å². The van der Waals surface area contributed by atoms with Crippen molar-refractivity contribution in [1.82, 2.24) is 15.2 Å². The Balaban J connectivity index is 1.85. The summed E-state index contributed by atoms with van der Waals surface area (Å²) in [4.78, 5) is 4.30. The van der Waals surface area contributed by atoms with Crippen molar-refractivity contribution in [1.29, 1.82) is 0 Å². The minimum absolute atomic E-state index is 0.596. The fourth-order valence-electron chi connectivity index (χ4n) is 2.84. The minimum Gasteiger partial charge on any atom is -0.285 e. The molecule has 1 aromatic rings. The van der Waals surface area contributed by atoms with Crippen LogP contribution >= 0.6 is 12.2 Å². The van der Waals surface area contributed by atoms with Gasteiger partial charge in [-0.25, -0.2) is 4.98 Å². The van der Waals surface area contributed by atoms with Crippen LogP contribution in [-0.4, -0.2) is 15.2 Å². The van der Waals surface area contributed by atoms with Gasteiger partial charge >= 0.3 is 0 Å². The van der Waals surface area contributed by atoms with Gasteiger partial charge in [0.25, 0.3) is 0 Å². The van der Waals surface area contributed by atoms with E-state index in [0.717, 1.165) is 17.7 Å². The molecule has 2 N–H and O–H groups in total. The van der Waals surface area contributed by atoms with Crippen molar-refractivity contribution in [2.45, 2.75) is 31.6 Å². The van der Waals surface area contributed by atoms with Gasteiger partial charge in [-0.1, -0.05) is 12.8 Å². The normalized spacial score (nSPS) is 37.1. The maximum atomic E-state index is 4.95. The van der Waals surface area contributed by atoms with Gasteiger partial charge in [-0.05, 0) is 36.9 Å². The van der Waals surface area contributed by atoms with Crippen molar-refractivity contribution < 1.29 is 0 Å². The van der Waals surface area contributed by atoms with E-state index < -0.39 is 0 Å². The average molecular weight is 195 g/mol. The van der Waals surface area contributed by atoms with Crippen LogP contribution in [0.1, 0.15) is 37.4 Å². The number of nitrogens with zero attached hydrogens (tertiary/aromatic N) is 1. The van der Waals surface area contributed by atoms with Crippen molar-refractivity contribution >= 4 is 12.2 Å². The molecule has 2 saturated carbocycles. The summed E-state index contributed by atoms with van der Waals surface area (Å²) in [7, 11) is 0. The van der Waals surface area contributed by atoms with E-state index in [0.29, 0.717) is 10.7 Å². The Hall–Kier alpha value is -0.640. The molecule has 2 unspecified atom stereocenters. The quantitative estimate of drug-likeness (QED) is 0.676. The fraction of sp³-hybridized carbons (Fsp3) is 0.778. The van der Waals surface area contributed by atoms with Gasteiger partial charge in [-0.2, -0.15) is 0 Å². The van der Waals surface area contributed by atoms with Gasteiger partial charge in [0.1, 0.15) is 5.82 Å². The van der Waals surface area contributed by atoms with Crippen molar-refractivity contribution in [3.05, 3.63) is 10.6 Å². The Kier molecular flexibility index (Phi) is 1.59. The highest BCUT2D eigenvalue weighted by Crippen LogP contribution is 2.60. The van der Waals surface area contributed by atoms with Crippen LogP contribution in [0.25, 0.3) is 0 Å². The first-order valence-corrected chi connectivity index (χ1v) is 5.41. The van der Waals surface area contributed by atoms with Gasteiger partial charge in [0.15, 0.2) is 0 Å². The summed E-state index contributed by atoms with van der Waals surface area (Å²) in [6.45, 7) is 0. The number of rotatable bonds is 1. The molecule has 1 heterocycles. The molecule has 3 rings (SSSR count). The van der Waals surface area contributed by atoms with E-state index >= 15 is 0 Å². The van der Waals surface area contributed by atoms with E-state index in [2.05, 4.69) is 15.2 Å². The second-order valence-corrected chi connectivity index (χ2v) is 4.58. The predicted molar refractivity (Wildman–Crippen MR) is 52.0 cm³/mol. The molecule has 4 heteroatoms. The third-order valence-electron chi connectivity index (χ3n) is 3.49. The number of aromatic amines is 2. The second-order valence-electron chi connectivity index (χ2n) is 4.19. The first-order chi connectivity index (χ1) is 6.36. The molecule has 0 amide bonds. The summed E-state index contributed by atoms with van der Waals surface area (Å²) in [6, 6.07) is 0. The zero-order chi connectivity index (χ0) is 8.84. The van der Waals surface area contributed by atoms with E-state index in [1.165, 1.54) is 25.7 Å². The third kappa shape index (κ3) is 1.15. The summed E-state index contributed by atoms with van der Waals surface area (Å²) < 4.78 is 0.596. The molecule has 13 heavy (non-hydrogen) atoms. The molecule has 0 saturated heterocycles. The zero-order valence-electron chi connectivity index (χ0n) is 7.42. The molecule has 0 aliphatic heterocycles. The van der Waals surface area contributed by atoms with Gasteiger partial charge in [0, 0.05) is 5.92 Å². The molecule has 2 fully saturated rings. The standard InChI is InChI=1S/C9H13N3S/c13-9-10-8(11-12-9)7-5-3-1-2-4-6(5)7/h5-7H,1-4H2,(H2,10,11,12,13). The SMILES string of the molecule is S=c1nc(C2C3CCCCC32)[nH][nH]1. The van der Waals surface area contributed by atoms with E-state index in [4.69, 9.17) is 12.2 Å². The Morgan fingerprint density at radius 3 is 2.38 bits per heavy atom. The maximum Gasteiger partial charge on any atom is 0.213 e. The number of fused-ring (bicyclic) bond motifs is 1. The lowest BCUT2D eigenvalue weighted by molar-refractivity contribution is 0.480. The van der Waals surface area contributed by atoms with E-state index in [-0.39, 0.29) is 0 Å². The van der Waals surface area contributed by atoms with Gasteiger partial charge in [-0.15, -0.1) is 0 Å². The molecule has 0 bridgehead atoms. The Labute approximate surface area is 82.0 Å². The van der Waals surface area contributed by atoms with Crippen LogP contribution in [0, 0.1) is 16.6 Å². The summed E-state index contributed by atoms with van der Waals surface area (Å²) in [5.74, 6) is 3.60. The molecule has 70 valence electrons. The first-order valence-electron chi connectivity index (χ1n) is 5.01. The van der Waals surface area contributed by atoms with Gasteiger partial charge in [0.2, 0.25) is 4.77 Å². The lowest BCUT2D eigenvalue weighted by Gasteiger charge is -2.04. The monoisotopic (exact) mass is 195 g/mol. The van der Waals surface area contributed by atoms with Crippen LogP contribution in [0.3, 0.4) is 0 Å². The number of nitrogens with one attached hydrogen (secondary N) is 2. The van der Waals surface area contributed by atoms with Gasteiger partial charge in [-0.3, -0.25) is 10.2 Å². The average Bonchev–Trinajstić information content (AvgIpc) is 2.73. The second kappa shape index (κ2) is 2.67. The van der Waals surface area contributed by atoms with Crippen LogP contribution in [0.15, 0.2) is 0 Å². The lowest BCUT2D eigenvalue weighted by atomic mass is 10.0. The molecular formula is C9H13N3S. The number of hydrogen-bond acceptors (Lipinski definition) is 2. The molecule has 3 nitrogen and oxygen atoms in total. The summed E-state index contributed by atoms with van der Waals surface area (Å²) in [5.41, 5.74) is 0. The maximum absolute atomic E-state index is 4.95. The van der Waals surface area contributed by atoms with Crippen LogP contribution in [-0.2, 0) is 0 Å². The Bertz CT molecular complexity index is 355. The molecule has 0 spiro atoms. The van der Waals surface area contributed by atoms with Crippen LogP contribution < -0.4 is 0 Å². The smallest absolute Gasteiger partial charge is 0.213 e. The van der Waals surface area contributed by atoms with E-state index in [9.17, 15) is 0 Å². The van der Waals surface area contributed by atoms with Crippen molar-refractivity contribution in [3.8, 4) is 0 Å². The predicted octanol–water partition coefficient (Wildman–Crippen LogP) is 2.37. The molecule has 0 radical (unpaired) electrons. The molecule has 2 aliphatic carbocycles. The topological polar surface area (TPSA) is 44.5 Å². The minimum atomic E-state index is 0.596. The highest BCUT2D eigenvalue weighted by molar-refractivity contribution is 7.71. The molecular weight excluding hydrogens is 182 g/mol. The Morgan fingerprint density at radius 2 is 1.85 bits per heavy atom. The molecule has 2 aliphatic rings. The number of aromatic nitrogens is 3. The molecule has 0 aromatic carbocycles. The van der Waals surface area contributed by atoms with Gasteiger partial charge in [0.05, 0.1) is 0 Å². The first kappa shape index (κ1) is 7.74. The molecule has 2 atom stereocenters. The van der Waals surface area contributed by atoms with Crippen molar-refractivity contribution in [2.24, 2.45) is 11.8 Å². The van der Waals surface area contributed by atoms with Crippen LogP contribution in [0.2, 0.25) is 0 Å². The van der Waals surface area contributed by atoms with Crippen LogP contribution in [0.4, 0.5) is 0 Å². The van der Waals surface area contributed by atoms with E-state index in [1.54, 1.807) is 0 Å². The number of hydrogen-bond donors (Lipinski definition) is 2. The third-order valence-corrected chi connectivity index (χ3v) is 3.69. The highest BCUT2D eigenvalue weighted by atomic mass is 32.1.